The van der Waals surface area contributed by atoms with Crippen molar-refractivity contribution in [2.75, 3.05) is 5.32 Å². The number of hydrogen-bond acceptors (Lipinski definition) is 5. The van der Waals surface area contributed by atoms with Gasteiger partial charge in [0.1, 0.15) is 17.3 Å². The van der Waals surface area contributed by atoms with Crippen LogP contribution in [0.25, 0.3) is 0 Å². The normalized spacial score (nSPS) is 11.3. The van der Waals surface area contributed by atoms with Gasteiger partial charge in [0.05, 0.1) is 23.4 Å². The number of phosphoric ester groups is 1. The summed E-state index contributed by atoms with van der Waals surface area (Å²) < 4.78 is 34.5. The van der Waals surface area contributed by atoms with Crippen molar-refractivity contribution in [3.8, 4) is 11.5 Å². The zero-order valence-corrected chi connectivity index (χ0v) is 18.1. The molecule has 0 saturated heterocycles. The van der Waals surface area contributed by atoms with Crippen LogP contribution in [0.5, 0.6) is 11.5 Å². The first-order valence-corrected chi connectivity index (χ1v) is 10.9. The average Bonchev–Trinajstić information content (AvgIpc) is 2.70. The third-order valence-corrected chi connectivity index (χ3v) is 4.93. The van der Waals surface area contributed by atoms with Crippen LogP contribution in [0.3, 0.4) is 0 Å². The molecule has 0 atom stereocenters. The quantitative estimate of drug-likeness (QED) is 0.371. The molecule has 0 aliphatic carbocycles. The van der Waals surface area contributed by atoms with E-state index in [1.807, 2.05) is 0 Å². The fraction of sp³-hybridized carbons (Fsp3) is 0.100. The maximum Gasteiger partial charge on any atom is 0.469 e. The fourth-order valence-corrected chi connectivity index (χ4v) is 3.19. The number of aromatic nitrogens is 1. The van der Waals surface area contributed by atoms with Gasteiger partial charge in [0.25, 0.3) is 11.5 Å². The van der Waals surface area contributed by atoms with Crippen molar-refractivity contribution in [3.05, 3.63) is 86.5 Å². The average molecular weight is 483 g/mol. The van der Waals surface area contributed by atoms with Crippen LogP contribution >= 0.6 is 19.4 Å². The van der Waals surface area contributed by atoms with Crippen molar-refractivity contribution in [2.24, 2.45) is 0 Å². The molecule has 2 aromatic carbocycles. The van der Waals surface area contributed by atoms with Crippen molar-refractivity contribution in [2.45, 2.75) is 13.5 Å². The zero-order valence-electron chi connectivity index (χ0n) is 16.5. The highest BCUT2D eigenvalue weighted by atomic mass is 35.5. The first-order chi connectivity index (χ1) is 15.0. The highest BCUT2D eigenvalue weighted by Crippen LogP contribution is 2.37. The molecule has 0 saturated carbocycles. The Labute approximate surface area is 186 Å². The molecule has 0 radical (unpaired) electrons. The summed E-state index contributed by atoms with van der Waals surface area (Å²) in [7, 11) is -4.85. The molecule has 9 nitrogen and oxygen atoms in total. The highest BCUT2D eigenvalue weighted by Gasteiger charge is 2.20. The number of benzene rings is 2. The Bertz CT molecular complexity index is 1280. The van der Waals surface area contributed by atoms with E-state index in [0.29, 0.717) is 11.3 Å². The van der Waals surface area contributed by atoms with Crippen LogP contribution in [0.2, 0.25) is 5.02 Å². The lowest BCUT2D eigenvalue weighted by atomic mass is 10.1. The van der Waals surface area contributed by atoms with Gasteiger partial charge in [-0.1, -0.05) is 11.6 Å². The van der Waals surface area contributed by atoms with Crippen molar-refractivity contribution < 1.29 is 32.8 Å². The third-order valence-electron chi connectivity index (χ3n) is 4.23. The zero-order chi connectivity index (χ0) is 23.5. The summed E-state index contributed by atoms with van der Waals surface area (Å²) in [5.74, 6) is -0.734. The molecule has 0 unspecified atom stereocenters. The summed E-state index contributed by atoms with van der Waals surface area (Å²) in [6.07, 6.45) is 1.25. The molecule has 4 N–H and O–H groups in total. The van der Waals surface area contributed by atoms with Gasteiger partial charge >= 0.3 is 7.82 Å². The number of aryl methyl sites for hydroxylation is 1. The van der Waals surface area contributed by atoms with Gasteiger partial charge in [-0.05, 0) is 55.0 Å². The number of carbonyl (C=O) groups is 1. The Morgan fingerprint density at radius 2 is 1.91 bits per heavy atom. The second-order valence-electron chi connectivity index (χ2n) is 6.57. The molecule has 1 heterocycles. The monoisotopic (exact) mass is 482 g/mol. The van der Waals surface area contributed by atoms with Gasteiger partial charge in [0, 0.05) is 11.2 Å². The van der Waals surface area contributed by atoms with E-state index in [4.69, 9.17) is 26.1 Å². The molecule has 3 rings (SSSR count). The maximum atomic E-state index is 13.4. The van der Waals surface area contributed by atoms with Gasteiger partial charge in [-0.15, -0.1) is 0 Å². The van der Waals surface area contributed by atoms with E-state index < -0.39 is 31.7 Å². The van der Waals surface area contributed by atoms with E-state index in [-0.39, 0.29) is 27.6 Å². The lowest BCUT2D eigenvalue weighted by Crippen LogP contribution is -2.20. The molecule has 1 amide bonds. The Kier molecular flexibility index (Phi) is 7.12. The number of pyridine rings is 1. The number of H-pyrrole nitrogens is 1. The highest BCUT2D eigenvalue weighted by molar-refractivity contribution is 7.46. The first kappa shape index (κ1) is 23.6. The number of ether oxygens (including phenoxy) is 1. The van der Waals surface area contributed by atoms with Crippen LogP contribution in [0.1, 0.15) is 21.5 Å². The maximum absolute atomic E-state index is 13.4. The lowest BCUT2D eigenvalue weighted by molar-refractivity contribution is 0.102. The van der Waals surface area contributed by atoms with Gasteiger partial charge < -0.3 is 24.8 Å². The molecule has 0 bridgehead atoms. The van der Waals surface area contributed by atoms with Gasteiger partial charge in [-0.25, -0.2) is 8.96 Å². The van der Waals surface area contributed by atoms with Crippen molar-refractivity contribution in [1.82, 2.24) is 4.98 Å². The van der Waals surface area contributed by atoms with Gasteiger partial charge in [0.15, 0.2) is 0 Å². The van der Waals surface area contributed by atoms with Crippen LogP contribution in [0.15, 0.2) is 53.5 Å². The summed E-state index contributed by atoms with van der Waals surface area (Å²) >= 11 is 6.03. The number of aromatic amines is 1. The van der Waals surface area contributed by atoms with Crippen molar-refractivity contribution in [3.63, 3.8) is 0 Å². The predicted molar refractivity (Wildman–Crippen MR) is 115 cm³/mol. The number of rotatable bonds is 7. The molecule has 1 aromatic heterocycles. The summed E-state index contributed by atoms with van der Waals surface area (Å²) in [6.45, 7) is 0.890. The van der Waals surface area contributed by atoms with Gasteiger partial charge in [-0.2, -0.15) is 0 Å². The number of carbonyl (C=O) groups excluding carboxylic acids is 1. The Morgan fingerprint density at radius 1 is 1.19 bits per heavy atom. The molecule has 3 aromatic rings. The van der Waals surface area contributed by atoms with Crippen LogP contribution < -0.4 is 15.6 Å². The van der Waals surface area contributed by atoms with E-state index in [1.165, 1.54) is 48.7 Å². The number of phosphoric acid groups is 1. The number of anilines is 1. The van der Waals surface area contributed by atoms with E-state index in [2.05, 4.69) is 14.8 Å². The smallest absolute Gasteiger partial charge is 0.456 e. The Morgan fingerprint density at radius 3 is 2.59 bits per heavy atom. The van der Waals surface area contributed by atoms with Crippen LogP contribution in [-0.2, 0) is 15.7 Å². The van der Waals surface area contributed by atoms with Crippen molar-refractivity contribution in [1.29, 1.82) is 0 Å². The Hall–Kier alpha value is -3.01. The standard InChI is InChI=1S/C20H17ClFN2O7P/c1-11-8-13(22)3-5-17(11)31-18-4-2-12(21)9-14(18)20(26)24-16-6-7-23-19(25)15(16)10-30-32(27,28)29/h2-9H,10H2,1H3,(H2,27,28,29)(H2,23,24,25,26). The molecule has 168 valence electrons. The van der Waals surface area contributed by atoms with Crippen LogP contribution in [0.4, 0.5) is 10.1 Å². The number of halogens is 2. The minimum atomic E-state index is -4.85. The summed E-state index contributed by atoms with van der Waals surface area (Å²) in [5.41, 5.74) is -0.443. The molecule has 0 fully saturated rings. The lowest BCUT2D eigenvalue weighted by Gasteiger charge is -2.15. The molecule has 0 aliphatic heterocycles. The van der Waals surface area contributed by atoms with Gasteiger partial charge in [0.2, 0.25) is 0 Å². The first-order valence-electron chi connectivity index (χ1n) is 8.99. The third kappa shape index (κ3) is 6.03. The minimum Gasteiger partial charge on any atom is -0.456 e. The van der Waals surface area contributed by atoms with Gasteiger partial charge in [-0.3, -0.25) is 14.1 Å². The summed E-state index contributed by atoms with van der Waals surface area (Å²) in [5, 5.41) is 2.72. The molecule has 32 heavy (non-hydrogen) atoms. The molecular formula is C20H17ClFN2O7P. The van der Waals surface area contributed by atoms with Crippen molar-refractivity contribution >= 4 is 31.0 Å². The topological polar surface area (TPSA) is 138 Å². The number of amides is 1. The summed E-state index contributed by atoms with van der Waals surface area (Å²) in [4.78, 5) is 45.2. The van der Waals surface area contributed by atoms with E-state index in [0.717, 1.165) is 0 Å². The predicted octanol–water partition coefficient (Wildman–Crippen LogP) is 4.13. The minimum absolute atomic E-state index is 0.00311. The second-order valence-corrected chi connectivity index (χ2v) is 8.25. The molecule has 0 aliphatic rings. The summed E-state index contributed by atoms with van der Waals surface area (Å²) in [6, 6.07) is 9.51. The number of nitrogens with one attached hydrogen (secondary N) is 2. The molecule has 12 heteroatoms. The van der Waals surface area contributed by atoms with E-state index >= 15 is 0 Å². The van der Waals surface area contributed by atoms with E-state index in [1.54, 1.807) is 6.92 Å². The van der Waals surface area contributed by atoms with E-state index in [9.17, 15) is 18.5 Å². The van der Waals surface area contributed by atoms with Crippen LogP contribution in [-0.4, -0.2) is 20.7 Å². The number of hydrogen-bond donors (Lipinski definition) is 4. The molecule has 0 spiro atoms. The SMILES string of the molecule is Cc1cc(F)ccc1Oc1ccc(Cl)cc1C(=O)Nc1cc[nH]c(=O)c1COP(=O)(O)O. The van der Waals surface area contributed by atoms with Crippen LogP contribution in [0, 0.1) is 12.7 Å². The Balaban J connectivity index is 1.92. The largest absolute Gasteiger partial charge is 0.469 e. The second kappa shape index (κ2) is 9.64. The molecular weight excluding hydrogens is 466 g/mol. The fourth-order valence-electron chi connectivity index (χ4n) is 2.72.